The third-order valence-electron chi connectivity index (χ3n) is 4.75. The van der Waals surface area contributed by atoms with E-state index in [1.165, 1.54) is 0 Å². The summed E-state index contributed by atoms with van der Waals surface area (Å²) < 4.78 is 10.7. The zero-order chi connectivity index (χ0) is 18.1. The van der Waals surface area contributed by atoms with Crippen molar-refractivity contribution in [3.05, 3.63) is 64.8 Å². The van der Waals surface area contributed by atoms with Crippen LogP contribution in [0.15, 0.2) is 42.5 Å². The number of rotatable bonds is 4. The first kappa shape index (κ1) is 16.4. The van der Waals surface area contributed by atoms with Crippen molar-refractivity contribution < 1.29 is 14.3 Å². The molecule has 1 N–H and O–H groups in total. The van der Waals surface area contributed by atoms with Crippen LogP contribution in [-0.4, -0.2) is 17.7 Å². The summed E-state index contributed by atoms with van der Waals surface area (Å²) in [6.07, 6.45) is 0.319. The molecule has 5 heteroatoms. The van der Waals surface area contributed by atoms with Gasteiger partial charge in [0, 0.05) is 17.6 Å². The van der Waals surface area contributed by atoms with Crippen molar-refractivity contribution in [3.63, 3.8) is 0 Å². The molecular weight excluding hydrogens is 328 g/mol. The second-order valence-corrected chi connectivity index (χ2v) is 6.46. The van der Waals surface area contributed by atoms with Crippen LogP contribution in [0.5, 0.6) is 11.5 Å². The monoisotopic (exact) mass is 348 g/mol. The van der Waals surface area contributed by atoms with E-state index in [0.29, 0.717) is 13.0 Å². The lowest BCUT2D eigenvalue weighted by Gasteiger charge is -2.13. The fourth-order valence-electron chi connectivity index (χ4n) is 3.31. The highest BCUT2D eigenvalue weighted by Crippen LogP contribution is 2.32. The third kappa shape index (κ3) is 3.08. The number of amides is 1. The molecule has 1 amide bonds. The van der Waals surface area contributed by atoms with E-state index < -0.39 is 0 Å². The predicted octanol–water partition coefficient (Wildman–Crippen LogP) is 3.44. The van der Waals surface area contributed by atoms with Gasteiger partial charge in [-0.3, -0.25) is 9.78 Å². The molecule has 1 aliphatic heterocycles. The van der Waals surface area contributed by atoms with Gasteiger partial charge in [0.05, 0.1) is 11.9 Å². The number of benzene rings is 2. The van der Waals surface area contributed by atoms with Crippen molar-refractivity contribution in [1.82, 2.24) is 10.3 Å². The molecule has 0 radical (unpaired) electrons. The Labute approximate surface area is 152 Å². The van der Waals surface area contributed by atoms with Crippen LogP contribution < -0.4 is 14.8 Å². The fourth-order valence-corrected chi connectivity index (χ4v) is 3.31. The number of nitrogens with one attached hydrogen (secondary N) is 1. The lowest BCUT2D eigenvalue weighted by atomic mass is 9.99. The van der Waals surface area contributed by atoms with Crippen LogP contribution in [0.4, 0.5) is 0 Å². The maximum atomic E-state index is 12.5. The van der Waals surface area contributed by atoms with E-state index in [1.807, 2.05) is 49.4 Å². The Morgan fingerprint density at radius 3 is 2.81 bits per heavy atom. The number of hydrogen-bond acceptors (Lipinski definition) is 4. The average Bonchev–Trinajstić information content (AvgIpc) is 3.11. The Bertz CT molecular complexity index is 998. The number of nitrogens with zero attached hydrogens (tertiary/aromatic N) is 1. The topological polar surface area (TPSA) is 60.5 Å². The van der Waals surface area contributed by atoms with Crippen LogP contribution >= 0.6 is 0 Å². The van der Waals surface area contributed by atoms with E-state index in [4.69, 9.17) is 9.47 Å². The molecule has 26 heavy (non-hydrogen) atoms. The number of carbonyl (C=O) groups is 1. The van der Waals surface area contributed by atoms with E-state index in [0.717, 1.165) is 44.8 Å². The van der Waals surface area contributed by atoms with Gasteiger partial charge in [-0.2, -0.15) is 0 Å². The van der Waals surface area contributed by atoms with E-state index in [-0.39, 0.29) is 12.7 Å². The molecule has 5 nitrogen and oxygen atoms in total. The Hall–Kier alpha value is -3.08. The van der Waals surface area contributed by atoms with Gasteiger partial charge in [0.1, 0.15) is 0 Å². The van der Waals surface area contributed by atoms with Crippen LogP contribution in [0, 0.1) is 13.8 Å². The average molecular weight is 348 g/mol. The normalized spacial score (nSPS) is 12.4. The largest absolute Gasteiger partial charge is 0.454 e. The predicted molar refractivity (Wildman–Crippen MR) is 99.3 cm³/mol. The maximum absolute atomic E-state index is 12.5. The van der Waals surface area contributed by atoms with Crippen molar-refractivity contribution in [2.45, 2.75) is 26.8 Å². The molecule has 0 bridgehead atoms. The lowest BCUT2D eigenvalue weighted by molar-refractivity contribution is -0.120. The summed E-state index contributed by atoms with van der Waals surface area (Å²) in [5.41, 5.74) is 4.96. The molecule has 4 rings (SSSR count). The van der Waals surface area contributed by atoms with Gasteiger partial charge >= 0.3 is 0 Å². The molecule has 0 aliphatic carbocycles. The molecule has 0 saturated carbocycles. The second kappa shape index (κ2) is 6.67. The quantitative estimate of drug-likeness (QED) is 0.785. The molecule has 2 aromatic carbocycles. The van der Waals surface area contributed by atoms with E-state index >= 15 is 0 Å². The Balaban J connectivity index is 1.47. The SMILES string of the molecule is Cc1nc2ccccc2c(C)c1CC(=O)NCc1ccc2c(c1)OCO2. The van der Waals surface area contributed by atoms with Crippen molar-refractivity contribution in [2.75, 3.05) is 6.79 Å². The summed E-state index contributed by atoms with van der Waals surface area (Å²) in [4.78, 5) is 17.1. The molecule has 1 aromatic heterocycles. The first-order valence-electron chi connectivity index (χ1n) is 8.62. The van der Waals surface area contributed by atoms with E-state index in [1.54, 1.807) is 0 Å². The first-order chi connectivity index (χ1) is 12.6. The Morgan fingerprint density at radius 2 is 1.92 bits per heavy atom. The Morgan fingerprint density at radius 1 is 1.12 bits per heavy atom. The number of carbonyl (C=O) groups excluding carboxylic acids is 1. The molecule has 0 spiro atoms. The zero-order valence-corrected chi connectivity index (χ0v) is 14.8. The molecule has 3 aromatic rings. The molecule has 1 aliphatic rings. The molecule has 0 atom stereocenters. The highest BCUT2D eigenvalue weighted by molar-refractivity contribution is 5.86. The molecule has 0 saturated heterocycles. The zero-order valence-electron chi connectivity index (χ0n) is 14.8. The van der Waals surface area contributed by atoms with Crippen molar-refractivity contribution in [3.8, 4) is 11.5 Å². The van der Waals surface area contributed by atoms with Gasteiger partial charge in [-0.15, -0.1) is 0 Å². The molecule has 132 valence electrons. The van der Waals surface area contributed by atoms with Gasteiger partial charge in [-0.05, 0) is 48.7 Å². The first-order valence-corrected chi connectivity index (χ1v) is 8.62. The lowest BCUT2D eigenvalue weighted by Crippen LogP contribution is -2.25. The summed E-state index contributed by atoms with van der Waals surface area (Å²) >= 11 is 0. The van der Waals surface area contributed by atoms with Gasteiger partial charge in [0.25, 0.3) is 0 Å². The minimum absolute atomic E-state index is 0.0223. The van der Waals surface area contributed by atoms with Gasteiger partial charge in [-0.25, -0.2) is 0 Å². The standard InChI is InChI=1S/C21H20N2O3/c1-13-16-5-3-4-6-18(16)23-14(2)17(13)10-21(24)22-11-15-7-8-19-20(9-15)26-12-25-19/h3-9H,10-12H2,1-2H3,(H,22,24). The van der Waals surface area contributed by atoms with Gasteiger partial charge < -0.3 is 14.8 Å². The minimum Gasteiger partial charge on any atom is -0.454 e. The van der Waals surface area contributed by atoms with E-state index in [9.17, 15) is 4.79 Å². The van der Waals surface area contributed by atoms with Crippen LogP contribution in [0.1, 0.15) is 22.4 Å². The summed E-state index contributed by atoms with van der Waals surface area (Å²) in [7, 11) is 0. The summed E-state index contributed by atoms with van der Waals surface area (Å²) in [6.45, 7) is 4.71. The maximum Gasteiger partial charge on any atom is 0.231 e. The van der Waals surface area contributed by atoms with Gasteiger partial charge in [0.2, 0.25) is 12.7 Å². The minimum atomic E-state index is -0.0223. The second-order valence-electron chi connectivity index (χ2n) is 6.46. The Kier molecular flexibility index (Phi) is 4.21. The number of pyridine rings is 1. The van der Waals surface area contributed by atoms with Crippen molar-refractivity contribution in [1.29, 1.82) is 0 Å². The molecular formula is C21H20N2O3. The third-order valence-corrected chi connectivity index (χ3v) is 4.75. The van der Waals surface area contributed by atoms with Gasteiger partial charge in [0.15, 0.2) is 11.5 Å². The molecule has 0 unspecified atom stereocenters. The van der Waals surface area contributed by atoms with Crippen LogP contribution in [-0.2, 0) is 17.8 Å². The summed E-state index contributed by atoms with van der Waals surface area (Å²) in [5.74, 6) is 1.45. The molecule has 2 heterocycles. The fraction of sp³-hybridized carbons (Fsp3) is 0.238. The van der Waals surface area contributed by atoms with E-state index in [2.05, 4.69) is 17.2 Å². The highest BCUT2D eigenvalue weighted by atomic mass is 16.7. The smallest absolute Gasteiger partial charge is 0.231 e. The highest BCUT2D eigenvalue weighted by Gasteiger charge is 2.15. The molecule has 0 fully saturated rings. The number of fused-ring (bicyclic) bond motifs is 2. The van der Waals surface area contributed by atoms with Crippen LogP contribution in [0.2, 0.25) is 0 Å². The number of hydrogen-bond donors (Lipinski definition) is 1. The number of aromatic nitrogens is 1. The van der Waals surface area contributed by atoms with Crippen LogP contribution in [0.3, 0.4) is 0 Å². The van der Waals surface area contributed by atoms with Crippen LogP contribution in [0.25, 0.3) is 10.9 Å². The summed E-state index contributed by atoms with van der Waals surface area (Å²) in [5, 5.41) is 4.07. The number of para-hydroxylation sites is 1. The van der Waals surface area contributed by atoms with Crippen molar-refractivity contribution in [2.24, 2.45) is 0 Å². The van der Waals surface area contributed by atoms with Crippen molar-refractivity contribution >= 4 is 16.8 Å². The number of ether oxygens (including phenoxy) is 2. The summed E-state index contributed by atoms with van der Waals surface area (Å²) in [6, 6.07) is 13.7. The van der Waals surface area contributed by atoms with Gasteiger partial charge in [-0.1, -0.05) is 24.3 Å². The number of aryl methyl sites for hydroxylation is 2.